The van der Waals surface area contributed by atoms with E-state index in [2.05, 4.69) is 0 Å². The summed E-state index contributed by atoms with van der Waals surface area (Å²) in [6, 6.07) is 5.01. The molecule has 7 heteroatoms. The molecular formula is C21H26ClO5P. The molecule has 1 fully saturated rings. The molecule has 1 aromatic carbocycles. The van der Waals surface area contributed by atoms with E-state index in [1.54, 1.807) is 30.4 Å². The van der Waals surface area contributed by atoms with E-state index in [0.717, 1.165) is 30.6 Å². The molecule has 2 unspecified atom stereocenters. The van der Waals surface area contributed by atoms with Gasteiger partial charge in [0.2, 0.25) is 0 Å². The Morgan fingerprint density at radius 2 is 1.96 bits per heavy atom. The first-order valence-corrected chi connectivity index (χ1v) is 11.8. The molecule has 3 aliphatic rings. The third-order valence-electron chi connectivity index (χ3n) is 6.28. The molecule has 2 N–H and O–H groups in total. The van der Waals surface area contributed by atoms with Crippen LogP contribution >= 0.6 is 19.4 Å². The second-order valence-electron chi connectivity index (χ2n) is 7.94. The van der Waals surface area contributed by atoms with Gasteiger partial charge in [-0.15, -0.1) is 0 Å². The summed E-state index contributed by atoms with van der Waals surface area (Å²) in [6.07, 6.45) is 9.64. The van der Waals surface area contributed by atoms with Crippen molar-refractivity contribution in [3.05, 3.63) is 45.5 Å². The van der Waals surface area contributed by atoms with Gasteiger partial charge in [0, 0.05) is 11.5 Å². The van der Waals surface area contributed by atoms with Crippen molar-refractivity contribution in [1.29, 1.82) is 0 Å². The molecule has 28 heavy (non-hydrogen) atoms. The summed E-state index contributed by atoms with van der Waals surface area (Å²) in [4.78, 5) is 18.3. The molecule has 2 bridgehead atoms. The number of rotatable bonds is 4. The van der Waals surface area contributed by atoms with Crippen LogP contribution in [-0.4, -0.2) is 16.9 Å². The van der Waals surface area contributed by atoms with Crippen LogP contribution in [0.5, 0.6) is 5.75 Å². The van der Waals surface area contributed by atoms with Crippen LogP contribution in [0.4, 0.5) is 0 Å². The summed E-state index contributed by atoms with van der Waals surface area (Å²) in [5.41, 5.74) is 5.38. The van der Waals surface area contributed by atoms with Gasteiger partial charge in [-0.05, 0) is 74.6 Å². The van der Waals surface area contributed by atoms with Gasteiger partial charge in [-0.2, -0.15) is 0 Å². The highest BCUT2D eigenvalue weighted by Gasteiger charge is 2.39. The maximum absolute atomic E-state index is 11.3. The number of hydrogen-bond acceptors (Lipinski definition) is 3. The molecule has 5 nitrogen and oxygen atoms in total. The number of allylic oxidation sites excluding steroid dienone is 3. The van der Waals surface area contributed by atoms with Crippen LogP contribution in [0.15, 0.2) is 34.9 Å². The summed E-state index contributed by atoms with van der Waals surface area (Å²) in [5.74, 6) is 1.69. The van der Waals surface area contributed by atoms with Gasteiger partial charge in [0.05, 0.1) is 12.1 Å². The predicted octanol–water partition coefficient (Wildman–Crippen LogP) is 5.86. The largest absolute Gasteiger partial charge is 0.524 e. The Morgan fingerprint density at radius 1 is 1.18 bits per heavy atom. The monoisotopic (exact) mass is 424 g/mol. The maximum Gasteiger partial charge on any atom is 0.524 e. The summed E-state index contributed by atoms with van der Waals surface area (Å²) in [7, 11) is -3.02. The molecular weight excluding hydrogens is 399 g/mol. The average Bonchev–Trinajstić information content (AvgIpc) is 2.64. The minimum atomic E-state index is -4.69. The zero-order chi connectivity index (χ0) is 19.9. The minimum Gasteiger partial charge on any atom is -0.496 e. The Labute approximate surface area is 170 Å². The quantitative estimate of drug-likeness (QED) is 0.359. The first-order valence-electron chi connectivity index (χ1n) is 9.91. The first kappa shape index (κ1) is 20.0. The number of benzene rings is 1. The molecule has 0 spiro atoms. The van der Waals surface area contributed by atoms with Gasteiger partial charge in [0.1, 0.15) is 5.76 Å². The lowest BCUT2D eigenvalue weighted by Gasteiger charge is -2.43. The van der Waals surface area contributed by atoms with Gasteiger partial charge in [0.15, 0.2) is 5.75 Å². The summed E-state index contributed by atoms with van der Waals surface area (Å²) in [6.45, 7) is 0. The van der Waals surface area contributed by atoms with Gasteiger partial charge in [0.25, 0.3) is 0 Å². The molecule has 0 aliphatic heterocycles. The molecule has 2 atom stereocenters. The Bertz CT molecular complexity index is 885. The van der Waals surface area contributed by atoms with Crippen LogP contribution < -0.4 is 4.52 Å². The van der Waals surface area contributed by atoms with Crippen molar-refractivity contribution < 1.29 is 23.6 Å². The molecule has 0 aromatic heterocycles. The topological polar surface area (TPSA) is 76.0 Å². The lowest BCUT2D eigenvalue weighted by atomic mass is 9.62. The number of ether oxygens (including phenoxy) is 1. The number of phosphoric ester groups is 1. The maximum atomic E-state index is 11.3. The highest BCUT2D eigenvalue weighted by Crippen LogP contribution is 2.53. The van der Waals surface area contributed by atoms with E-state index in [9.17, 15) is 14.4 Å². The fourth-order valence-electron chi connectivity index (χ4n) is 5.27. The molecule has 0 saturated heterocycles. The van der Waals surface area contributed by atoms with Gasteiger partial charge >= 0.3 is 7.82 Å². The lowest BCUT2D eigenvalue weighted by molar-refractivity contribution is 0.283. The van der Waals surface area contributed by atoms with Crippen molar-refractivity contribution in [3.8, 4) is 5.75 Å². The molecule has 0 radical (unpaired) electrons. The average molecular weight is 425 g/mol. The first-order chi connectivity index (χ1) is 13.4. The third-order valence-corrected chi connectivity index (χ3v) is 7.03. The van der Waals surface area contributed by atoms with Gasteiger partial charge in [-0.25, -0.2) is 4.57 Å². The number of methoxy groups -OCH3 is 1. The number of hydrogen-bond donors (Lipinski definition) is 2. The van der Waals surface area contributed by atoms with E-state index in [-0.39, 0.29) is 10.8 Å². The molecule has 1 aromatic rings. The summed E-state index contributed by atoms with van der Waals surface area (Å²) < 4.78 is 22.0. The van der Waals surface area contributed by atoms with Crippen LogP contribution in [0.3, 0.4) is 0 Å². The van der Waals surface area contributed by atoms with E-state index in [1.807, 2.05) is 6.07 Å². The van der Waals surface area contributed by atoms with E-state index < -0.39 is 7.82 Å². The van der Waals surface area contributed by atoms with Crippen molar-refractivity contribution in [2.75, 3.05) is 7.11 Å². The zero-order valence-corrected chi connectivity index (χ0v) is 17.6. The van der Waals surface area contributed by atoms with E-state index in [4.69, 9.17) is 20.9 Å². The zero-order valence-electron chi connectivity index (χ0n) is 16.0. The van der Waals surface area contributed by atoms with Gasteiger partial charge < -0.3 is 9.26 Å². The van der Waals surface area contributed by atoms with E-state index >= 15 is 0 Å². The number of halogens is 1. The van der Waals surface area contributed by atoms with Gasteiger partial charge in [-0.3, -0.25) is 9.79 Å². The standard InChI is InChI=1S/C21H26ClO5P/c1-26-21(15-9-10-18(22)19(12-15)27-28(23,24)25)20-14-6-4-8-17(20)16-7-3-2-5-13(16)11-14/h9-10,12,14,17H,2-8,11H2,1H3,(H2,23,24,25). The molecule has 4 rings (SSSR count). The van der Waals surface area contributed by atoms with E-state index in [1.165, 1.54) is 37.7 Å². The summed E-state index contributed by atoms with van der Waals surface area (Å²) >= 11 is 6.09. The molecule has 0 heterocycles. The Hall–Kier alpha value is -1.26. The second kappa shape index (κ2) is 7.87. The van der Waals surface area contributed by atoms with Crippen LogP contribution in [0.1, 0.15) is 56.9 Å². The molecule has 3 aliphatic carbocycles. The Balaban J connectivity index is 1.80. The lowest BCUT2D eigenvalue weighted by Crippen LogP contribution is -2.30. The Kier molecular flexibility index (Phi) is 5.63. The van der Waals surface area contributed by atoms with Crippen LogP contribution in [0.2, 0.25) is 5.02 Å². The second-order valence-corrected chi connectivity index (χ2v) is 9.51. The van der Waals surface area contributed by atoms with Crippen molar-refractivity contribution >= 4 is 25.2 Å². The van der Waals surface area contributed by atoms with Crippen LogP contribution in [0.25, 0.3) is 5.76 Å². The van der Waals surface area contributed by atoms with Gasteiger partial charge in [-0.1, -0.05) is 29.2 Å². The van der Waals surface area contributed by atoms with Crippen LogP contribution in [0, 0.1) is 11.8 Å². The molecule has 0 amide bonds. The fraction of sp³-hybridized carbons (Fsp3) is 0.524. The molecule has 152 valence electrons. The highest BCUT2D eigenvalue weighted by atomic mass is 35.5. The summed E-state index contributed by atoms with van der Waals surface area (Å²) in [5, 5.41) is 0.161. The predicted molar refractivity (Wildman–Crippen MR) is 109 cm³/mol. The number of phosphoric acid groups is 1. The smallest absolute Gasteiger partial charge is 0.496 e. The van der Waals surface area contributed by atoms with Crippen molar-refractivity contribution in [2.45, 2.75) is 51.4 Å². The molecule has 1 saturated carbocycles. The van der Waals surface area contributed by atoms with E-state index in [0.29, 0.717) is 11.8 Å². The Morgan fingerprint density at radius 3 is 2.71 bits per heavy atom. The van der Waals surface area contributed by atoms with Crippen LogP contribution in [-0.2, 0) is 9.30 Å². The normalized spacial score (nSPS) is 26.6. The SMILES string of the molecule is COC(=C1C2CCCC1C1=C(CCCC1)C2)c1ccc(Cl)c(OP(=O)(O)O)c1. The minimum absolute atomic E-state index is 0.0267. The van der Waals surface area contributed by atoms with Crippen molar-refractivity contribution in [1.82, 2.24) is 0 Å². The fourth-order valence-corrected chi connectivity index (χ4v) is 5.89. The van der Waals surface area contributed by atoms with Crippen molar-refractivity contribution in [3.63, 3.8) is 0 Å². The third kappa shape index (κ3) is 3.91. The number of fused-ring (bicyclic) bond motifs is 3. The van der Waals surface area contributed by atoms with Crippen molar-refractivity contribution in [2.24, 2.45) is 11.8 Å². The highest BCUT2D eigenvalue weighted by molar-refractivity contribution is 7.46.